The summed E-state index contributed by atoms with van der Waals surface area (Å²) < 4.78 is 0. The zero-order chi connectivity index (χ0) is 11.5. The standard InChI is InChI=1S/C11H12N2OS2/c1-13(6-8-2-4-15-7-8)11(14)10-9(12)3-5-16-10/h2-5,7H,6,12H2,1H3. The van der Waals surface area contributed by atoms with Gasteiger partial charge in [-0.2, -0.15) is 11.3 Å². The molecular weight excluding hydrogens is 240 g/mol. The van der Waals surface area contributed by atoms with Gasteiger partial charge < -0.3 is 10.6 Å². The number of carbonyl (C=O) groups excluding carboxylic acids is 1. The van der Waals surface area contributed by atoms with Gasteiger partial charge in [-0.1, -0.05) is 0 Å². The molecule has 0 saturated carbocycles. The van der Waals surface area contributed by atoms with Crippen LogP contribution in [-0.2, 0) is 6.54 Å². The average Bonchev–Trinajstić information content (AvgIpc) is 2.88. The van der Waals surface area contributed by atoms with Gasteiger partial charge in [0, 0.05) is 13.6 Å². The highest BCUT2D eigenvalue weighted by atomic mass is 32.1. The van der Waals surface area contributed by atoms with Crippen LogP contribution in [0.2, 0.25) is 0 Å². The van der Waals surface area contributed by atoms with Crippen LogP contribution in [0.1, 0.15) is 15.2 Å². The van der Waals surface area contributed by atoms with Gasteiger partial charge in [-0.3, -0.25) is 4.79 Å². The smallest absolute Gasteiger partial charge is 0.266 e. The minimum Gasteiger partial charge on any atom is -0.397 e. The van der Waals surface area contributed by atoms with Gasteiger partial charge in [0.15, 0.2) is 0 Å². The molecule has 16 heavy (non-hydrogen) atoms. The van der Waals surface area contributed by atoms with E-state index in [0.717, 1.165) is 5.56 Å². The number of carbonyl (C=O) groups is 1. The molecule has 2 heterocycles. The lowest BCUT2D eigenvalue weighted by Gasteiger charge is -2.15. The predicted octanol–water partition coefficient (Wildman–Crippen LogP) is 2.66. The summed E-state index contributed by atoms with van der Waals surface area (Å²) in [6.07, 6.45) is 0. The summed E-state index contributed by atoms with van der Waals surface area (Å²) in [5, 5.41) is 5.88. The van der Waals surface area contributed by atoms with E-state index in [1.165, 1.54) is 11.3 Å². The van der Waals surface area contributed by atoms with Crippen LogP contribution in [0.15, 0.2) is 28.3 Å². The number of nitrogens with two attached hydrogens (primary N) is 1. The van der Waals surface area contributed by atoms with Crippen molar-refractivity contribution >= 4 is 34.3 Å². The molecule has 1 amide bonds. The Labute approximate surface area is 102 Å². The van der Waals surface area contributed by atoms with Crippen molar-refractivity contribution in [1.29, 1.82) is 0 Å². The van der Waals surface area contributed by atoms with Gasteiger partial charge in [0.25, 0.3) is 5.91 Å². The SMILES string of the molecule is CN(Cc1ccsc1)C(=O)c1sccc1N. The van der Waals surface area contributed by atoms with E-state index in [1.54, 1.807) is 29.4 Å². The molecule has 3 nitrogen and oxygen atoms in total. The maximum absolute atomic E-state index is 12.0. The first kappa shape index (κ1) is 11.2. The first-order valence-corrected chi connectivity index (χ1v) is 6.60. The normalized spacial score (nSPS) is 10.3. The summed E-state index contributed by atoms with van der Waals surface area (Å²) in [6, 6.07) is 3.78. The highest BCUT2D eigenvalue weighted by Crippen LogP contribution is 2.21. The largest absolute Gasteiger partial charge is 0.397 e. The minimum absolute atomic E-state index is 0.0151. The van der Waals surface area contributed by atoms with Crippen molar-refractivity contribution in [3.63, 3.8) is 0 Å². The zero-order valence-corrected chi connectivity index (χ0v) is 10.5. The summed E-state index contributed by atoms with van der Waals surface area (Å²) in [6.45, 7) is 0.625. The first-order chi connectivity index (χ1) is 7.68. The van der Waals surface area contributed by atoms with Gasteiger partial charge in [0.05, 0.1) is 5.69 Å². The van der Waals surface area contributed by atoms with Gasteiger partial charge in [0.2, 0.25) is 0 Å². The fourth-order valence-electron chi connectivity index (χ4n) is 1.39. The molecule has 0 bridgehead atoms. The Balaban J connectivity index is 2.08. The number of hydrogen-bond acceptors (Lipinski definition) is 4. The quantitative estimate of drug-likeness (QED) is 0.913. The van der Waals surface area contributed by atoms with Crippen molar-refractivity contribution in [3.05, 3.63) is 38.7 Å². The molecule has 0 atom stereocenters. The van der Waals surface area contributed by atoms with Gasteiger partial charge in [-0.05, 0) is 33.8 Å². The topological polar surface area (TPSA) is 46.3 Å². The Kier molecular flexibility index (Phi) is 3.26. The number of hydrogen-bond donors (Lipinski definition) is 1. The van der Waals surface area contributed by atoms with Gasteiger partial charge in [-0.25, -0.2) is 0 Å². The van der Waals surface area contributed by atoms with Gasteiger partial charge >= 0.3 is 0 Å². The molecule has 0 fully saturated rings. The number of anilines is 1. The van der Waals surface area contributed by atoms with E-state index >= 15 is 0 Å². The third-order valence-corrected chi connectivity index (χ3v) is 3.89. The fourth-order valence-corrected chi connectivity index (χ4v) is 2.87. The number of amides is 1. The lowest BCUT2D eigenvalue weighted by Crippen LogP contribution is -2.25. The maximum Gasteiger partial charge on any atom is 0.266 e. The Hall–Kier alpha value is -1.33. The second-order valence-electron chi connectivity index (χ2n) is 3.50. The molecule has 0 aromatic carbocycles. The molecule has 0 unspecified atom stereocenters. The molecule has 84 valence electrons. The predicted molar refractivity (Wildman–Crippen MR) is 68.8 cm³/mol. The van der Waals surface area contributed by atoms with E-state index in [4.69, 9.17) is 5.73 Å². The molecular formula is C11H12N2OS2. The average molecular weight is 252 g/mol. The number of nitrogen functional groups attached to an aromatic ring is 1. The monoisotopic (exact) mass is 252 g/mol. The molecule has 0 aliphatic rings. The molecule has 0 aliphatic heterocycles. The maximum atomic E-state index is 12.0. The highest BCUT2D eigenvalue weighted by Gasteiger charge is 2.16. The summed E-state index contributed by atoms with van der Waals surface area (Å²) in [5.41, 5.74) is 7.43. The van der Waals surface area contributed by atoms with Crippen LogP contribution in [0.4, 0.5) is 5.69 Å². The Morgan fingerprint density at radius 2 is 2.25 bits per heavy atom. The number of rotatable bonds is 3. The number of nitrogens with zero attached hydrogens (tertiary/aromatic N) is 1. The molecule has 2 rings (SSSR count). The van der Waals surface area contributed by atoms with Crippen molar-refractivity contribution in [2.24, 2.45) is 0 Å². The lowest BCUT2D eigenvalue weighted by molar-refractivity contribution is 0.0791. The van der Waals surface area contributed by atoms with E-state index in [0.29, 0.717) is 17.1 Å². The van der Waals surface area contributed by atoms with Crippen LogP contribution in [0, 0.1) is 0 Å². The van der Waals surface area contributed by atoms with E-state index in [-0.39, 0.29) is 5.91 Å². The van der Waals surface area contributed by atoms with Crippen LogP contribution in [0.5, 0.6) is 0 Å². The van der Waals surface area contributed by atoms with Gasteiger partial charge in [-0.15, -0.1) is 11.3 Å². The summed E-state index contributed by atoms with van der Waals surface area (Å²) in [4.78, 5) is 14.3. The molecule has 2 aromatic heterocycles. The minimum atomic E-state index is -0.0151. The van der Waals surface area contributed by atoms with Crippen LogP contribution in [-0.4, -0.2) is 17.9 Å². The molecule has 2 N–H and O–H groups in total. The fraction of sp³-hybridized carbons (Fsp3) is 0.182. The van der Waals surface area contributed by atoms with Crippen LogP contribution >= 0.6 is 22.7 Å². The van der Waals surface area contributed by atoms with Crippen LogP contribution in [0.3, 0.4) is 0 Å². The van der Waals surface area contributed by atoms with Crippen molar-refractivity contribution in [3.8, 4) is 0 Å². The Bertz CT molecular complexity index is 476. The molecule has 5 heteroatoms. The molecule has 0 aliphatic carbocycles. The molecule has 0 radical (unpaired) electrons. The highest BCUT2D eigenvalue weighted by molar-refractivity contribution is 7.12. The van der Waals surface area contributed by atoms with Gasteiger partial charge in [0.1, 0.15) is 4.88 Å². The van der Waals surface area contributed by atoms with E-state index in [9.17, 15) is 4.79 Å². The van der Waals surface area contributed by atoms with Crippen LogP contribution in [0.25, 0.3) is 0 Å². The van der Waals surface area contributed by atoms with Crippen molar-refractivity contribution < 1.29 is 4.79 Å². The molecule has 0 saturated heterocycles. The lowest BCUT2D eigenvalue weighted by atomic mass is 10.3. The molecule has 0 spiro atoms. The Morgan fingerprint density at radius 3 is 2.81 bits per heavy atom. The van der Waals surface area contributed by atoms with E-state index in [2.05, 4.69) is 0 Å². The van der Waals surface area contributed by atoms with Crippen molar-refractivity contribution in [2.75, 3.05) is 12.8 Å². The van der Waals surface area contributed by atoms with E-state index < -0.39 is 0 Å². The second kappa shape index (κ2) is 4.67. The summed E-state index contributed by atoms with van der Waals surface area (Å²) in [7, 11) is 1.79. The molecule has 2 aromatic rings. The van der Waals surface area contributed by atoms with Crippen molar-refractivity contribution in [1.82, 2.24) is 4.90 Å². The van der Waals surface area contributed by atoms with Crippen LogP contribution < -0.4 is 5.73 Å². The summed E-state index contributed by atoms with van der Waals surface area (Å²) >= 11 is 3.02. The van der Waals surface area contributed by atoms with Crippen molar-refractivity contribution in [2.45, 2.75) is 6.54 Å². The Morgan fingerprint density at radius 1 is 1.44 bits per heavy atom. The third kappa shape index (κ3) is 2.25. The first-order valence-electron chi connectivity index (χ1n) is 4.78. The summed E-state index contributed by atoms with van der Waals surface area (Å²) in [5.74, 6) is -0.0151. The third-order valence-electron chi connectivity index (χ3n) is 2.24. The van der Waals surface area contributed by atoms with E-state index in [1.807, 2.05) is 22.2 Å². The number of thiophene rings is 2. The second-order valence-corrected chi connectivity index (χ2v) is 5.19. The zero-order valence-electron chi connectivity index (χ0n) is 8.84.